The Morgan fingerprint density at radius 2 is 1.78 bits per heavy atom. The molecule has 14 nitrogen and oxygen atoms in total. The number of guanidine groups is 1. The summed E-state index contributed by atoms with van der Waals surface area (Å²) in [5.41, 5.74) is 3.29. The molecule has 18 heteroatoms. The minimum atomic E-state index is -3.31. The van der Waals surface area contributed by atoms with Gasteiger partial charge in [-0.1, -0.05) is 0 Å². The molecule has 0 unspecified atom stereocenters. The number of nitrogens with one attached hydrogen (secondary N) is 2. The maximum Gasteiger partial charge on any atom is 0.280 e. The predicted octanol–water partition coefficient (Wildman–Crippen LogP) is 5.99. The second-order valence-corrected chi connectivity index (χ2v) is 17.5. The van der Waals surface area contributed by atoms with Gasteiger partial charge in [0.1, 0.15) is 11.6 Å². The number of piperidine rings is 2. The number of imide groups is 1. The van der Waals surface area contributed by atoms with Crippen LogP contribution in [-0.4, -0.2) is 106 Å². The summed E-state index contributed by atoms with van der Waals surface area (Å²) < 4.78 is 70.1. The number of ether oxygens (including phenoxy) is 1. The number of likely N-dealkylation sites (tertiary alicyclic amines) is 1. The first-order valence-electron chi connectivity index (χ1n) is 21.2. The Morgan fingerprint density at radius 3 is 2.51 bits per heavy atom. The van der Waals surface area contributed by atoms with E-state index in [1.165, 1.54) is 11.9 Å². The van der Waals surface area contributed by atoms with Crippen LogP contribution in [0.1, 0.15) is 88.4 Å². The zero-order valence-electron chi connectivity index (χ0n) is 35.1. The number of carbonyl (C=O) groups excluding carboxylic acids is 4. The molecule has 2 atom stereocenters. The number of carbonyl (C=O) groups is 4. The van der Waals surface area contributed by atoms with Gasteiger partial charge < -0.3 is 19.9 Å². The van der Waals surface area contributed by atoms with E-state index in [1.807, 2.05) is 4.90 Å². The summed E-state index contributed by atoms with van der Waals surface area (Å²) >= 11 is 0. The molecule has 2 saturated heterocycles. The molecule has 4 aromatic rings. The maximum absolute atomic E-state index is 16.0. The Hall–Kier alpha value is -6.17. The zero-order chi connectivity index (χ0) is 44.4. The van der Waals surface area contributed by atoms with Crippen molar-refractivity contribution in [2.75, 3.05) is 50.1 Å². The number of benzene rings is 2. The maximum atomic E-state index is 16.0. The van der Waals surface area contributed by atoms with Crippen LogP contribution < -0.4 is 20.3 Å². The van der Waals surface area contributed by atoms with Gasteiger partial charge in [-0.25, -0.2) is 22.2 Å². The number of aliphatic imine (C=N–C) groups is 1. The van der Waals surface area contributed by atoms with Gasteiger partial charge in [0.05, 0.1) is 53.9 Å². The van der Waals surface area contributed by atoms with Crippen LogP contribution in [0.3, 0.4) is 0 Å². The Kier molecular flexibility index (Phi) is 10.8. The van der Waals surface area contributed by atoms with Crippen molar-refractivity contribution in [1.29, 1.82) is 0 Å². The summed E-state index contributed by atoms with van der Waals surface area (Å²) in [4.78, 5) is 65.5. The quantitative estimate of drug-likeness (QED) is 0.175. The molecule has 4 aliphatic heterocycles. The largest absolute Gasteiger partial charge is 0.477 e. The summed E-state index contributed by atoms with van der Waals surface area (Å²) in [6, 6.07) is 9.06. The molecule has 4 amide bonds. The molecule has 0 radical (unpaired) electrons. The number of fused-ring (bicyclic) bond motifs is 7. The SMILES string of the molecule is Cc1cc2cc(n1)-c1cnn(C)c1OCCCC1(CC1)CN1/C(=N/C2=O)Nc2ccc(C(=O)N(C)[C@H]3CCN(CCc4cc(F)c([C@H]5CCC(=O)NC5=O)c(F)c4)CC3(F)F)cc21. The van der Waals surface area contributed by atoms with Crippen molar-refractivity contribution in [1.82, 2.24) is 29.9 Å². The molecule has 6 heterocycles. The van der Waals surface area contributed by atoms with Crippen LogP contribution in [0, 0.1) is 24.0 Å². The number of hydrogen-bond acceptors (Lipinski definition) is 10. The number of alkyl halides is 2. The highest BCUT2D eigenvalue weighted by Crippen LogP contribution is 2.52. The summed E-state index contributed by atoms with van der Waals surface area (Å²) in [5, 5.41) is 9.76. The third kappa shape index (κ3) is 8.27. The molecule has 2 N–H and O–H groups in total. The highest BCUT2D eigenvalue weighted by Gasteiger charge is 2.49. The fraction of sp³-hybridized carbons (Fsp3) is 0.444. The molecule has 2 aromatic carbocycles. The average molecular weight is 870 g/mol. The second kappa shape index (κ2) is 16.2. The molecule has 2 bridgehead atoms. The van der Waals surface area contributed by atoms with E-state index in [2.05, 4.69) is 25.7 Å². The number of rotatable bonds is 6. The Bertz CT molecular complexity index is 2550. The Balaban J connectivity index is 0.901. The lowest BCUT2D eigenvalue weighted by molar-refractivity contribution is -0.134. The first-order chi connectivity index (χ1) is 30.1. The van der Waals surface area contributed by atoms with E-state index in [4.69, 9.17) is 4.74 Å². The van der Waals surface area contributed by atoms with Crippen molar-refractivity contribution in [2.45, 2.75) is 76.2 Å². The fourth-order valence-corrected chi connectivity index (χ4v) is 9.41. The number of aryl methyl sites for hydroxylation is 2. The van der Waals surface area contributed by atoms with Crippen LogP contribution >= 0.6 is 0 Å². The zero-order valence-corrected chi connectivity index (χ0v) is 35.1. The normalized spacial score (nSPS) is 22.6. The van der Waals surface area contributed by atoms with E-state index in [0.717, 1.165) is 42.7 Å². The topological polar surface area (TPSA) is 154 Å². The van der Waals surface area contributed by atoms with Crippen LogP contribution in [0.2, 0.25) is 0 Å². The van der Waals surface area contributed by atoms with Crippen molar-refractivity contribution in [3.05, 3.63) is 88.2 Å². The standard InChI is InChI=1S/C45H47F4N9O5/c1-25-17-28-20-34(51-25)30-22-50-56(3)42(30)63-16-4-11-44(12-13-44)23-58-35-21-27(5-7-33(35)52-43(58)54-39(28)60)41(62)55(2)36-10-15-57(24-45(36,48)49)14-9-26-18-31(46)38(32(47)19-26)29-6-8-37(59)53-40(29)61/h5,7,17-22,29,36H,4,6,8-16,23-24H2,1-3H3,(H,52,54,60)(H,53,59,61)/t29-,36+/m1/s1. The molecule has 5 aliphatic rings. The van der Waals surface area contributed by atoms with Crippen molar-refractivity contribution in [2.24, 2.45) is 17.5 Å². The van der Waals surface area contributed by atoms with Crippen molar-refractivity contribution in [3.8, 4) is 17.1 Å². The van der Waals surface area contributed by atoms with Gasteiger partial charge in [-0.15, -0.1) is 0 Å². The molecule has 1 aliphatic carbocycles. The van der Waals surface area contributed by atoms with Gasteiger partial charge in [0.2, 0.25) is 23.7 Å². The predicted molar refractivity (Wildman–Crippen MR) is 224 cm³/mol. The van der Waals surface area contributed by atoms with E-state index >= 15 is 17.6 Å². The fourth-order valence-electron chi connectivity index (χ4n) is 9.41. The van der Waals surface area contributed by atoms with Gasteiger partial charge in [-0.05, 0) is 105 Å². The molecule has 3 fully saturated rings. The van der Waals surface area contributed by atoms with Crippen molar-refractivity contribution in [3.63, 3.8) is 0 Å². The van der Waals surface area contributed by atoms with E-state index < -0.39 is 65.3 Å². The molecular weight excluding hydrogens is 823 g/mol. The first-order valence-corrected chi connectivity index (χ1v) is 21.2. The number of anilines is 2. The van der Waals surface area contributed by atoms with E-state index in [0.29, 0.717) is 58.9 Å². The third-order valence-corrected chi connectivity index (χ3v) is 13.0. The summed E-state index contributed by atoms with van der Waals surface area (Å²) in [7, 11) is 3.16. The van der Waals surface area contributed by atoms with Gasteiger partial charge in [-0.2, -0.15) is 10.1 Å². The molecule has 330 valence electrons. The van der Waals surface area contributed by atoms with E-state index in [1.54, 1.807) is 55.2 Å². The van der Waals surface area contributed by atoms with Crippen LogP contribution in [0.5, 0.6) is 5.88 Å². The minimum Gasteiger partial charge on any atom is -0.477 e. The van der Waals surface area contributed by atoms with Gasteiger partial charge in [0.25, 0.3) is 17.7 Å². The summed E-state index contributed by atoms with van der Waals surface area (Å²) in [5.74, 6) is -7.80. The van der Waals surface area contributed by atoms with Crippen molar-refractivity contribution >= 4 is 41.0 Å². The lowest BCUT2D eigenvalue weighted by Crippen LogP contribution is -2.58. The van der Waals surface area contributed by atoms with Crippen LogP contribution in [-0.2, 0) is 23.1 Å². The van der Waals surface area contributed by atoms with Gasteiger partial charge in [0.15, 0.2) is 0 Å². The monoisotopic (exact) mass is 869 g/mol. The van der Waals surface area contributed by atoms with Crippen molar-refractivity contribution < 1.29 is 41.5 Å². The molecule has 2 aromatic heterocycles. The number of amides is 4. The number of halogens is 4. The van der Waals surface area contributed by atoms with E-state index in [-0.39, 0.29) is 55.3 Å². The molecule has 63 heavy (non-hydrogen) atoms. The summed E-state index contributed by atoms with van der Waals surface area (Å²) in [6.45, 7) is 2.36. The Morgan fingerprint density at radius 1 is 1.00 bits per heavy atom. The van der Waals surface area contributed by atoms with Crippen LogP contribution in [0.15, 0.2) is 53.7 Å². The third-order valence-electron chi connectivity index (χ3n) is 13.0. The van der Waals surface area contributed by atoms with E-state index in [9.17, 15) is 19.2 Å². The average Bonchev–Trinajstić information content (AvgIpc) is 3.79. The number of hydrogen-bond donors (Lipinski definition) is 2. The number of aromatic nitrogens is 3. The number of pyridine rings is 1. The van der Waals surface area contributed by atoms with Crippen LogP contribution in [0.4, 0.5) is 28.9 Å². The van der Waals surface area contributed by atoms with Gasteiger partial charge >= 0.3 is 0 Å². The first kappa shape index (κ1) is 42.1. The molecular formula is C45H47F4N9O5. The smallest absolute Gasteiger partial charge is 0.280 e. The molecule has 1 saturated carbocycles. The highest BCUT2D eigenvalue weighted by atomic mass is 19.3. The number of nitrogens with zero attached hydrogens (tertiary/aromatic N) is 7. The minimum absolute atomic E-state index is 0.0147. The second-order valence-electron chi connectivity index (χ2n) is 17.5. The lowest BCUT2D eigenvalue weighted by Gasteiger charge is -2.42. The Labute approximate surface area is 360 Å². The molecule has 9 rings (SSSR count). The van der Waals surface area contributed by atoms with Gasteiger partial charge in [0, 0.05) is 62.5 Å². The van der Waals surface area contributed by atoms with Gasteiger partial charge in [-0.3, -0.25) is 34.4 Å². The highest BCUT2D eigenvalue weighted by molar-refractivity contribution is 6.19. The molecule has 1 spiro atoms. The van der Waals surface area contributed by atoms with Crippen LogP contribution in [0.25, 0.3) is 11.3 Å². The lowest BCUT2D eigenvalue weighted by atomic mass is 9.89. The summed E-state index contributed by atoms with van der Waals surface area (Å²) in [6.07, 6.45) is 5.11.